The van der Waals surface area contributed by atoms with Crippen molar-refractivity contribution in [1.82, 2.24) is 9.59 Å². The van der Waals surface area contributed by atoms with E-state index in [1.807, 2.05) is 12.1 Å². The maximum absolute atomic E-state index is 10.6. The molecular formula is C16H18N2OS2. The van der Waals surface area contributed by atoms with Gasteiger partial charge in [0, 0.05) is 16.5 Å². The maximum Gasteiger partial charge on any atom is 0.0958 e. The number of hydrogen-bond donors (Lipinski definition) is 1. The summed E-state index contributed by atoms with van der Waals surface area (Å²) in [4.78, 5) is 0.887. The van der Waals surface area contributed by atoms with Gasteiger partial charge in [0.25, 0.3) is 0 Å². The summed E-state index contributed by atoms with van der Waals surface area (Å²) >= 11 is 3.03. The molecule has 0 aliphatic carbocycles. The molecule has 21 heavy (non-hydrogen) atoms. The molecule has 0 amide bonds. The molecule has 5 heteroatoms. The van der Waals surface area contributed by atoms with Crippen LogP contribution in [0, 0.1) is 0 Å². The van der Waals surface area contributed by atoms with Crippen LogP contribution in [0.25, 0.3) is 10.1 Å². The number of fused-ring (bicyclic) bond motifs is 1. The Labute approximate surface area is 132 Å². The van der Waals surface area contributed by atoms with Crippen molar-refractivity contribution in [3.05, 3.63) is 45.8 Å². The number of benzene rings is 1. The number of nitrogens with zero attached hydrogens (tertiary/aromatic N) is 2. The molecule has 110 valence electrons. The van der Waals surface area contributed by atoms with Gasteiger partial charge in [0.1, 0.15) is 0 Å². The van der Waals surface area contributed by atoms with Gasteiger partial charge in [0.15, 0.2) is 0 Å². The highest BCUT2D eigenvalue weighted by Gasteiger charge is 2.26. The minimum atomic E-state index is -0.544. The zero-order chi connectivity index (χ0) is 15.0. The van der Waals surface area contributed by atoms with Crippen LogP contribution in [-0.2, 0) is 11.8 Å². The third-order valence-corrected chi connectivity index (χ3v) is 5.34. The predicted molar refractivity (Wildman–Crippen MR) is 89.1 cm³/mol. The molecule has 3 aromatic rings. The second-order valence-corrected chi connectivity index (χ2v) is 7.91. The van der Waals surface area contributed by atoms with E-state index in [0.29, 0.717) is 6.42 Å². The van der Waals surface area contributed by atoms with Gasteiger partial charge in [-0.15, -0.1) is 16.4 Å². The van der Waals surface area contributed by atoms with E-state index in [1.54, 1.807) is 11.3 Å². The van der Waals surface area contributed by atoms with Crippen molar-refractivity contribution in [1.29, 1.82) is 0 Å². The molecule has 0 radical (unpaired) electrons. The highest BCUT2D eigenvalue weighted by molar-refractivity contribution is 7.17. The van der Waals surface area contributed by atoms with Crippen LogP contribution in [0.15, 0.2) is 29.6 Å². The molecule has 2 heterocycles. The van der Waals surface area contributed by atoms with Gasteiger partial charge in [0.2, 0.25) is 0 Å². The lowest BCUT2D eigenvalue weighted by molar-refractivity contribution is 0.180. The smallest absolute Gasteiger partial charge is 0.0958 e. The van der Waals surface area contributed by atoms with Crippen LogP contribution in [0.2, 0.25) is 0 Å². The van der Waals surface area contributed by atoms with Crippen LogP contribution in [0.4, 0.5) is 0 Å². The molecule has 0 saturated carbocycles. The highest BCUT2D eigenvalue weighted by atomic mass is 32.1. The molecule has 0 saturated heterocycles. The normalized spacial score (nSPS) is 13.7. The van der Waals surface area contributed by atoms with Crippen molar-refractivity contribution in [3.63, 3.8) is 0 Å². The second kappa shape index (κ2) is 5.48. The third kappa shape index (κ3) is 2.86. The summed E-state index contributed by atoms with van der Waals surface area (Å²) in [6, 6.07) is 8.32. The van der Waals surface area contributed by atoms with E-state index in [2.05, 4.69) is 47.9 Å². The molecule has 1 unspecified atom stereocenters. The minimum absolute atomic E-state index is 0.0972. The van der Waals surface area contributed by atoms with Crippen LogP contribution in [0.5, 0.6) is 0 Å². The summed E-state index contributed by atoms with van der Waals surface area (Å²) in [7, 11) is 0. The molecule has 0 aliphatic rings. The van der Waals surface area contributed by atoms with Gasteiger partial charge in [0.05, 0.1) is 16.7 Å². The van der Waals surface area contributed by atoms with Gasteiger partial charge in [-0.1, -0.05) is 43.5 Å². The minimum Gasteiger partial charge on any atom is -0.387 e. The summed E-state index contributed by atoms with van der Waals surface area (Å²) in [5, 5.41) is 18.2. The van der Waals surface area contributed by atoms with Gasteiger partial charge in [-0.25, -0.2) is 0 Å². The van der Waals surface area contributed by atoms with E-state index in [-0.39, 0.29) is 5.41 Å². The predicted octanol–water partition coefficient (Wildman–Crippen LogP) is 4.33. The van der Waals surface area contributed by atoms with Crippen LogP contribution >= 0.6 is 22.9 Å². The topological polar surface area (TPSA) is 46.0 Å². The molecule has 1 aromatic carbocycles. The first-order valence-electron chi connectivity index (χ1n) is 6.92. The largest absolute Gasteiger partial charge is 0.387 e. The van der Waals surface area contributed by atoms with Crippen LogP contribution in [-0.4, -0.2) is 14.7 Å². The fourth-order valence-electron chi connectivity index (χ4n) is 2.43. The van der Waals surface area contributed by atoms with E-state index in [1.165, 1.54) is 27.2 Å². The van der Waals surface area contributed by atoms with Gasteiger partial charge in [-0.3, -0.25) is 0 Å². The fourth-order valence-corrected chi connectivity index (χ4v) is 4.25. The Hall–Kier alpha value is -1.30. The first-order chi connectivity index (χ1) is 9.97. The Bertz CT molecular complexity index is 755. The van der Waals surface area contributed by atoms with Crippen LogP contribution in [0.1, 0.15) is 43.0 Å². The number of aliphatic hydroxyl groups is 1. The number of aliphatic hydroxyl groups excluding tert-OH is 1. The average molecular weight is 318 g/mol. The van der Waals surface area contributed by atoms with Crippen molar-refractivity contribution in [2.75, 3.05) is 0 Å². The summed E-state index contributed by atoms with van der Waals surface area (Å²) in [6.45, 7) is 6.29. The molecule has 0 spiro atoms. The number of aromatic nitrogens is 2. The molecule has 1 atom stereocenters. The summed E-state index contributed by atoms with van der Waals surface area (Å²) in [5.41, 5.74) is 2.00. The highest BCUT2D eigenvalue weighted by Crippen LogP contribution is 2.34. The lowest BCUT2D eigenvalue weighted by Gasteiger charge is -2.18. The molecule has 3 rings (SSSR count). The quantitative estimate of drug-likeness (QED) is 0.782. The zero-order valence-corrected chi connectivity index (χ0v) is 14.0. The van der Waals surface area contributed by atoms with Crippen molar-refractivity contribution in [2.45, 2.75) is 38.7 Å². The zero-order valence-electron chi connectivity index (χ0n) is 12.3. The van der Waals surface area contributed by atoms with Crippen molar-refractivity contribution < 1.29 is 5.11 Å². The monoisotopic (exact) mass is 318 g/mol. The lowest BCUT2D eigenvalue weighted by Crippen LogP contribution is -2.16. The third-order valence-electron chi connectivity index (χ3n) is 3.50. The maximum atomic E-state index is 10.6. The Kier molecular flexibility index (Phi) is 3.82. The van der Waals surface area contributed by atoms with Crippen molar-refractivity contribution in [2.24, 2.45) is 0 Å². The van der Waals surface area contributed by atoms with Gasteiger partial charge >= 0.3 is 0 Å². The van der Waals surface area contributed by atoms with E-state index in [0.717, 1.165) is 10.6 Å². The first-order valence-corrected chi connectivity index (χ1v) is 8.58. The fraction of sp³-hybridized carbons (Fsp3) is 0.375. The Balaban J connectivity index is 1.90. The molecule has 0 aliphatic heterocycles. The molecule has 1 N–H and O–H groups in total. The van der Waals surface area contributed by atoms with E-state index in [4.69, 9.17) is 0 Å². The molecular weight excluding hydrogens is 300 g/mol. The van der Waals surface area contributed by atoms with E-state index in [9.17, 15) is 5.11 Å². The van der Waals surface area contributed by atoms with Gasteiger partial charge < -0.3 is 5.11 Å². The van der Waals surface area contributed by atoms with Gasteiger partial charge in [-0.2, -0.15) is 0 Å². The van der Waals surface area contributed by atoms with Gasteiger partial charge in [-0.05, 0) is 33.9 Å². The SMILES string of the molecule is CC(C)(C)c1nnsc1C(O)Cc1csc2ccccc12. The summed E-state index contributed by atoms with van der Waals surface area (Å²) in [5.74, 6) is 0. The summed E-state index contributed by atoms with van der Waals surface area (Å²) in [6.07, 6.45) is 0.0639. The van der Waals surface area contributed by atoms with E-state index < -0.39 is 6.10 Å². The average Bonchev–Trinajstić information content (AvgIpc) is 3.05. The molecule has 2 aromatic heterocycles. The first kappa shape index (κ1) is 14.6. The van der Waals surface area contributed by atoms with Crippen LogP contribution in [0.3, 0.4) is 0 Å². The molecule has 3 nitrogen and oxygen atoms in total. The number of hydrogen-bond acceptors (Lipinski definition) is 5. The van der Waals surface area contributed by atoms with Crippen LogP contribution < -0.4 is 0 Å². The Morgan fingerprint density at radius 3 is 2.76 bits per heavy atom. The molecule has 0 fully saturated rings. The standard InChI is InChI=1S/C16H18N2OS2/c1-16(2,3)15-14(21-18-17-15)12(19)8-10-9-20-13-7-5-4-6-11(10)13/h4-7,9,12,19H,8H2,1-3H3. The number of thiophene rings is 1. The van der Waals surface area contributed by atoms with Crippen molar-refractivity contribution >= 4 is 33.0 Å². The molecule has 0 bridgehead atoms. The van der Waals surface area contributed by atoms with Crippen molar-refractivity contribution in [3.8, 4) is 0 Å². The number of rotatable bonds is 3. The second-order valence-electron chi connectivity index (χ2n) is 6.21. The summed E-state index contributed by atoms with van der Waals surface area (Å²) < 4.78 is 5.30. The van der Waals surface area contributed by atoms with E-state index >= 15 is 0 Å². The Morgan fingerprint density at radius 2 is 2.00 bits per heavy atom. The Morgan fingerprint density at radius 1 is 1.24 bits per heavy atom. The lowest BCUT2D eigenvalue weighted by atomic mass is 9.89.